The van der Waals surface area contributed by atoms with Crippen molar-refractivity contribution in [3.8, 4) is 0 Å². The number of carbonyl (C=O) groups excluding carboxylic acids is 1. The van der Waals surface area contributed by atoms with Gasteiger partial charge in [-0.3, -0.25) is 9.36 Å². The summed E-state index contributed by atoms with van der Waals surface area (Å²) in [5.74, 6) is -0.414. The number of hydrogen-bond acceptors (Lipinski definition) is 4. The maximum atomic E-state index is 12.1. The lowest BCUT2D eigenvalue weighted by Crippen LogP contribution is -2.23. The molecule has 0 aliphatic carbocycles. The fraction of sp³-hybridized carbons (Fsp3) is 0.529. The average Bonchev–Trinajstić information content (AvgIpc) is 2.69. The van der Waals surface area contributed by atoms with Crippen LogP contribution < -0.4 is 11.1 Å². The number of anilines is 1. The Morgan fingerprint density at radius 3 is 2.61 bits per heavy atom. The van der Waals surface area contributed by atoms with Crippen LogP contribution in [0.25, 0.3) is 11.1 Å². The van der Waals surface area contributed by atoms with Gasteiger partial charge in [-0.2, -0.15) is 0 Å². The second-order valence-electron chi connectivity index (χ2n) is 7.29. The number of aromatic nitrogens is 1. The van der Waals surface area contributed by atoms with Crippen LogP contribution in [0.4, 0.5) is 5.69 Å². The third-order valence-electron chi connectivity index (χ3n) is 3.41. The molecule has 126 valence electrons. The van der Waals surface area contributed by atoms with Gasteiger partial charge in [0.15, 0.2) is 5.58 Å². The molecule has 0 fully saturated rings. The van der Waals surface area contributed by atoms with E-state index in [1.54, 1.807) is 22.8 Å². The number of oxazole rings is 1. The molecule has 1 aromatic heterocycles. The van der Waals surface area contributed by atoms with Crippen molar-refractivity contribution >= 4 is 22.7 Å². The van der Waals surface area contributed by atoms with Crippen molar-refractivity contribution in [3.05, 3.63) is 28.7 Å². The molecular weight excluding hydrogens is 294 g/mol. The molecule has 0 unspecified atom stereocenters. The van der Waals surface area contributed by atoms with Crippen molar-refractivity contribution in [2.45, 2.75) is 33.7 Å². The fourth-order valence-corrected chi connectivity index (χ4v) is 2.34. The molecule has 23 heavy (non-hydrogen) atoms. The Hall–Kier alpha value is -2.08. The molecule has 2 rings (SSSR count). The number of amides is 1. The highest BCUT2D eigenvalue weighted by atomic mass is 16.4. The number of rotatable bonds is 5. The van der Waals surface area contributed by atoms with Gasteiger partial charge in [-0.1, -0.05) is 20.8 Å². The van der Waals surface area contributed by atoms with Gasteiger partial charge in [-0.15, -0.1) is 0 Å². The molecule has 0 bridgehead atoms. The van der Waals surface area contributed by atoms with Crippen molar-refractivity contribution in [1.82, 2.24) is 9.47 Å². The molecule has 0 aliphatic heterocycles. The Morgan fingerprint density at radius 1 is 1.30 bits per heavy atom. The Balaban J connectivity index is 2.25. The van der Waals surface area contributed by atoms with Gasteiger partial charge in [0.1, 0.15) is 0 Å². The van der Waals surface area contributed by atoms with Gasteiger partial charge in [0.25, 0.3) is 0 Å². The molecule has 2 aromatic rings. The van der Waals surface area contributed by atoms with E-state index in [4.69, 9.17) is 4.42 Å². The molecule has 0 radical (unpaired) electrons. The van der Waals surface area contributed by atoms with E-state index < -0.39 is 0 Å². The molecule has 0 atom stereocenters. The number of fused-ring (bicyclic) bond motifs is 1. The summed E-state index contributed by atoms with van der Waals surface area (Å²) in [6.07, 6.45) is 0.434. The molecule has 0 saturated heterocycles. The van der Waals surface area contributed by atoms with Gasteiger partial charge in [-0.25, -0.2) is 4.79 Å². The highest BCUT2D eigenvalue weighted by molar-refractivity contribution is 5.93. The van der Waals surface area contributed by atoms with E-state index in [-0.39, 0.29) is 17.1 Å². The van der Waals surface area contributed by atoms with Crippen LogP contribution in [0.3, 0.4) is 0 Å². The van der Waals surface area contributed by atoms with Crippen LogP contribution in [0.2, 0.25) is 0 Å². The van der Waals surface area contributed by atoms with E-state index in [1.807, 2.05) is 39.8 Å². The first-order valence-corrected chi connectivity index (χ1v) is 7.74. The third kappa shape index (κ3) is 4.69. The zero-order chi connectivity index (χ0) is 17.2. The van der Waals surface area contributed by atoms with Gasteiger partial charge in [0, 0.05) is 25.2 Å². The highest BCUT2D eigenvalue weighted by Gasteiger charge is 2.17. The van der Waals surface area contributed by atoms with Gasteiger partial charge < -0.3 is 14.6 Å². The number of benzene rings is 1. The van der Waals surface area contributed by atoms with Crippen molar-refractivity contribution in [3.63, 3.8) is 0 Å². The molecule has 6 nitrogen and oxygen atoms in total. The van der Waals surface area contributed by atoms with Crippen LogP contribution in [-0.4, -0.2) is 36.0 Å². The Labute approximate surface area is 136 Å². The minimum absolute atomic E-state index is 0.0393. The topological polar surface area (TPSA) is 67.5 Å². The normalized spacial score (nSPS) is 12.1. The third-order valence-corrected chi connectivity index (χ3v) is 3.41. The van der Waals surface area contributed by atoms with E-state index in [1.165, 1.54) is 0 Å². The van der Waals surface area contributed by atoms with Gasteiger partial charge in [0.2, 0.25) is 5.91 Å². The van der Waals surface area contributed by atoms with E-state index in [0.29, 0.717) is 29.8 Å². The summed E-state index contributed by atoms with van der Waals surface area (Å²) in [6, 6.07) is 5.26. The molecule has 0 saturated carbocycles. The SMILES string of the molecule is CN(C)CCn1c(=O)oc2ccc(NC(=O)CC(C)(C)C)cc21. The Morgan fingerprint density at radius 2 is 2.00 bits per heavy atom. The van der Waals surface area contributed by atoms with Crippen LogP contribution in [0.5, 0.6) is 0 Å². The number of carbonyl (C=O) groups is 1. The van der Waals surface area contributed by atoms with Crippen molar-refractivity contribution in [2.75, 3.05) is 26.0 Å². The smallest absolute Gasteiger partial charge is 0.408 e. The first-order chi connectivity index (χ1) is 10.7. The summed E-state index contributed by atoms with van der Waals surface area (Å²) in [5, 5.41) is 2.89. The molecular formula is C17H25N3O3. The first-order valence-electron chi connectivity index (χ1n) is 7.74. The zero-order valence-electron chi connectivity index (χ0n) is 14.5. The Bertz CT molecular complexity index is 751. The molecule has 1 aromatic carbocycles. The van der Waals surface area contributed by atoms with Gasteiger partial charge in [0.05, 0.1) is 5.52 Å². The largest absolute Gasteiger partial charge is 0.419 e. The molecule has 6 heteroatoms. The number of nitrogens with one attached hydrogen (secondary N) is 1. The summed E-state index contributed by atoms with van der Waals surface area (Å²) < 4.78 is 6.84. The summed E-state index contributed by atoms with van der Waals surface area (Å²) in [4.78, 5) is 26.0. The van der Waals surface area contributed by atoms with Crippen LogP contribution in [0, 0.1) is 5.41 Å². The lowest BCUT2D eigenvalue weighted by atomic mass is 9.92. The lowest BCUT2D eigenvalue weighted by molar-refractivity contribution is -0.117. The number of likely N-dealkylation sites (N-methyl/N-ethyl adjacent to an activating group) is 1. The van der Waals surface area contributed by atoms with E-state index in [0.717, 1.165) is 6.54 Å². The van der Waals surface area contributed by atoms with E-state index in [9.17, 15) is 9.59 Å². The van der Waals surface area contributed by atoms with Crippen LogP contribution in [0.15, 0.2) is 27.4 Å². The average molecular weight is 319 g/mol. The second-order valence-corrected chi connectivity index (χ2v) is 7.29. The van der Waals surface area contributed by atoms with Crippen molar-refractivity contribution in [2.24, 2.45) is 5.41 Å². The summed E-state index contributed by atoms with van der Waals surface area (Å²) in [5.41, 5.74) is 1.83. The predicted octanol–water partition coefficient (Wildman–Crippen LogP) is 2.53. The number of hydrogen-bond donors (Lipinski definition) is 1. The predicted molar refractivity (Wildman–Crippen MR) is 91.7 cm³/mol. The first kappa shape index (κ1) is 17.3. The van der Waals surface area contributed by atoms with Crippen LogP contribution in [0.1, 0.15) is 27.2 Å². The quantitative estimate of drug-likeness (QED) is 0.919. The van der Waals surface area contributed by atoms with Crippen LogP contribution in [-0.2, 0) is 11.3 Å². The Kier molecular flexibility index (Phi) is 4.94. The standard InChI is InChI=1S/C17H25N3O3/c1-17(2,3)11-15(21)18-12-6-7-14-13(10-12)20(16(22)23-14)9-8-19(4)5/h6-7,10H,8-9,11H2,1-5H3,(H,18,21). The minimum Gasteiger partial charge on any atom is -0.408 e. The maximum Gasteiger partial charge on any atom is 0.419 e. The summed E-state index contributed by atoms with van der Waals surface area (Å²) in [6.45, 7) is 7.33. The minimum atomic E-state index is -0.375. The monoisotopic (exact) mass is 319 g/mol. The van der Waals surface area contributed by atoms with E-state index >= 15 is 0 Å². The lowest BCUT2D eigenvalue weighted by Gasteiger charge is -2.17. The molecule has 1 N–H and O–H groups in total. The van der Waals surface area contributed by atoms with Crippen molar-refractivity contribution in [1.29, 1.82) is 0 Å². The maximum absolute atomic E-state index is 12.1. The fourth-order valence-electron chi connectivity index (χ4n) is 2.34. The van der Waals surface area contributed by atoms with Gasteiger partial charge >= 0.3 is 5.76 Å². The number of nitrogens with zero attached hydrogens (tertiary/aromatic N) is 2. The molecule has 0 aliphatic rings. The van der Waals surface area contributed by atoms with Gasteiger partial charge in [-0.05, 0) is 37.7 Å². The molecule has 1 amide bonds. The summed E-state index contributed by atoms with van der Waals surface area (Å²) in [7, 11) is 3.90. The zero-order valence-corrected chi connectivity index (χ0v) is 14.5. The second kappa shape index (κ2) is 6.58. The van der Waals surface area contributed by atoms with E-state index in [2.05, 4.69) is 5.32 Å². The molecule has 1 heterocycles. The van der Waals surface area contributed by atoms with Crippen molar-refractivity contribution < 1.29 is 9.21 Å². The van der Waals surface area contributed by atoms with Crippen LogP contribution >= 0.6 is 0 Å². The molecule has 0 spiro atoms. The summed E-state index contributed by atoms with van der Waals surface area (Å²) >= 11 is 0. The highest BCUT2D eigenvalue weighted by Crippen LogP contribution is 2.22.